The Morgan fingerprint density at radius 1 is 1.11 bits per heavy atom. The maximum atomic E-state index is 14.0. The fraction of sp³-hybridized carbons (Fsp3) is 0.450. The van der Waals surface area contributed by atoms with Crippen molar-refractivity contribution in [3.8, 4) is 0 Å². The average molecular weight is 371 g/mol. The molecule has 0 spiro atoms. The van der Waals surface area contributed by atoms with Gasteiger partial charge in [-0.2, -0.15) is 0 Å². The Bertz CT molecular complexity index is 801. The molecule has 0 bridgehead atoms. The molecule has 1 fully saturated rings. The fourth-order valence-electron chi connectivity index (χ4n) is 3.33. The molecule has 0 N–H and O–H groups in total. The lowest BCUT2D eigenvalue weighted by molar-refractivity contribution is 0.0740. The van der Waals surface area contributed by atoms with Crippen LogP contribution in [-0.4, -0.2) is 60.0 Å². The first-order valence-corrected chi connectivity index (χ1v) is 9.42. The Balaban J connectivity index is 1.72. The lowest BCUT2D eigenvalue weighted by Crippen LogP contribution is -2.49. The van der Waals surface area contributed by atoms with E-state index in [0.717, 1.165) is 18.8 Å². The van der Waals surface area contributed by atoms with Gasteiger partial charge in [0.2, 0.25) is 5.95 Å². The van der Waals surface area contributed by atoms with Crippen LogP contribution in [0.3, 0.4) is 0 Å². The number of anilines is 2. The van der Waals surface area contributed by atoms with Crippen molar-refractivity contribution in [2.75, 3.05) is 49.1 Å². The molecule has 3 rings (SSSR count). The van der Waals surface area contributed by atoms with Gasteiger partial charge in [-0.15, -0.1) is 0 Å². The number of aryl methyl sites for hydroxylation is 1. The lowest BCUT2D eigenvalue weighted by atomic mass is 10.2. The van der Waals surface area contributed by atoms with Gasteiger partial charge in [0.15, 0.2) is 0 Å². The van der Waals surface area contributed by atoms with Gasteiger partial charge in [-0.3, -0.25) is 4.79 Å². The predicted octanol–water partition coefficient (Wildman–Crippen LogP) is 2.73. The number of amides is 1. The number of hydrogen-bond acceptors (Lipinski definition) is 5. The molecule has 0 aliphatic carbocycles. The Hall–Kier alpha value is -2.70. The van der Waals surface area contributed by atoms with Crippen LogP contribution in [0.4, 0.5) is 16.0 Å². The Labute approximate surface area is 159 Å². The number of aromatic nitrogens is 2. The van der Waals surface area contributed by atoms with Crippen LogP contribution in [-0.2, 0) is 0 Å². The van der Waals surface area contributed by atoms with Crippen LogP contribution in [0, 0.1) is 12.7 Å². The molecule has 27 heavy (non-hydrogen) atoms. The van der Waals surface area contributed by atoms with Crippen LogP contribution in [0.1, 0.15) is 30.0 Å². The maximum Gasteiger partial charge on any atom is 0.272 e. The number of piperazine rings is 1. The lowest BCUT2D eigenvalue weighted by Gasteiger charge is -2.36. The minimum Gasteiger partial charge on any atom is -0.366 e. The van der Waals surface area contributed by atoms with E-state index in [2.05, 4.69) is 9.97 Å². The minimum absolute atomic E-state index is 0.0953. The number of nitrogens with zero attached hydrogens (tertiary/aromatic N) is 5. The summed E-state index contributed by atoms with van der Waals surface area (Å²) < 4.78 is 14.0. The van der Waals surface area contributed by atoms with Crippen LogP contribution >= 0.6 is 0 Å². The van der Waals surface area contributed by atoms with Gasteiger partial charge in [0.25, 0.3) is 5.91 Å². The van der Waals surface area contributed by atoms with Gasteiger partial charge in [-0.1, -0.05) is 12.1 Å². The van der Waals surface area contributed by atoms with Crippen LogP contribution in [0.5, 0.6) is 0 Å². The summed E-state index contributed by atoms with van der Waals surface area (Å²) in [6.45, 7) is 9.80. The highest BCUT2D eigenvalue weighted by Crippen LogP contribution is 2.21. The van der Waals surface area contributed by atoms with Crippen molar-refractivity contribution in [2.24, 2.45) is 0 Å². The summed E-state index contributed by atoms with van der Waals surface area (Å²) in [5.74, 6) is 0.267. The molecular formula is C20H26FN5O. The fourth-order valence-corrected chi connectivity index (χ4v) is 3.33. The van der Waals surface area contributed by atoms with E-state index in [0.29, 0.717) is 43.5 Å². The van der Waals surface area contributed by atoms with Crippen molar-refractivity contribution in [1.82, 2.24) is 14.9 Å². The molecule has 144 valence electrons. The first kappa shape index (κ1) is 19.1. The zero-order chi connectivity index (χ0) is 19.4. The zero-order valence-corrected chi connectivity index (χ0v) is 16.2. The summed E-state index contributed by atoms with van der Waals surface area (Å²) in [4.78, 5) is 27.7. The number of para-hydroxylation sites is 1. The number of carbonyl (C=O) groups excluding carboxylic acids is 1. The van der Waals surface area contributed by atoms with Gasteiger partial charge in [-0.05, 0) is 39.0 Å². The molecule has 6 nitrogen and oxygen atoms in total. The van der Waals surface area contributed by atoms with E-state index >= 15 is 0 Å². The molecule has 0 radical (unpaired) electrons. The van der Waals surface area contributed by atoms with Crippen molar-refractivity contribution in [3.63, 3.8) is 0 Å². The highest BCUT2D eigenvalue weighted by atomic mass is 19.1. The highest BCUT2D eigenvalue weighted by molar-refractivity contribution is 5.93. The number of hydrogen-bond donors (Lipinski definition) is 0. The molecule has 2 heterocycles. The van der Waals surface area contributed by atoms with Gasteiger partial charge in [0.1, 0.15) is 11.5 Å². The second-order valence-electron chi connectivity index (χ2n) is 6.60. The smallest absolute Gasteiger partial charge is 0.272 e. The quantitative estimate of drug-likeness (QED) is 0.809. The number of halogens is 1. The first-order valence-electron chi connectivity index (χ1n) is 9.42. The predicted molar refractivity (Wildman–Crippen MR) is 105 cm³/mol. The summed E-state index contributed by atoms with van der Waals surface area (Å²) >= 11 is 0. The van der Waals surface area contributed by atoms with Gasteiger partial charge < -0.3 is 14.7 Å². The third kappa shape index (κ3) is 4.18. The number of carbonyl (C=O) groups is 1. The molecule has 0 saturated carbocycles. The first-order chi connectivity index (χ1) is 13.0. The molecule has 1 saturated heterocycles. The normalized spacial score (nSPS) is 14.4. The van der Waals surface area contributed by atoms with E-state index < -0.39 is 0 Å². The maximum absolute atomic E-state index is 14.0. The van der Waals surface area contributed by atoms with Crippen molar-refractivity contribution in [3.05, 3.63) is 47.5 Å². The van der Waals surface area contributed by atoms with Gasteiger partial charge in [0.05, 0.1) is 5.69 Å². The van der Waals surface area contributed by atoms with E-state index in [1.165, 1.54) is 6.07 Å². The summed E-state index contributed by atoms with van der Waals surface area (Å²) in [5, 5.41) is 0. The van der Waals surface area contributed by atoms with Crippen molar-refractivity contribution in [2.45, 2.75) is 20.8 Å². The summed E-state index contributed by atoms with van der Waals surface area (Å²) in [7, 11) is 0. The SMILES string of the molecule is CCN(CC)c1nc(C)cc(C(=O)N2CCN(c3ccccc3F)CC2)n1. The molecule has 7 heteroatoms. The molecule has 1 amide bonds. The summed E-state index contributed by atoms with van der Waals surface area (Å²) in [6.07, 6.45) is 0. The second kappa shape index (κ2) is 8.33. The average Bonchev–Trinajstić information content (AvgIpc) is 2.68. The highest BCUT2D eigenvalue weighted by Gasteiger charge is 2.25. The van der Waals surface area contributed by atoms with Gasteiger partial charge in [-0.25, -0.2) is 14.4 Å². The van der Waals surface area contributed by atoms with Crippen molar-refractivity contribution >= 4 is 17.5 Å². The molecule has 1 aliphatic rings. The summed E-state index contributed by atoms with van der Waals surface area (Å²) in [5.41, 5.74) is 1.79. The van der Waals surface area contributed by atoms with Crippen molar-refractivity contribution < 1.29 is 9.18 Å². The zero-order valence-electron chi connectivity index (χ0n) is 16.2. The Kier molecular flexibility index (Phi) is 5.88. The molecule has 1 aromatic carbocycles. The van der Waals surface area contributed by atoms with Crippen LogP contribution < -0.4 is 9.80 Å². The van der Waals surface area contributed by atoms with E-state index in [-0.39, 0.29) is 11.7 Å². The molecule has 0 unspecified atom stereocenters. The van der Waals surface area contributed by atoms with Gasteiger partial charge in [0, 0.05) is 45.0 Å². The van der Waals surface area contributed by atoms with E-state index in [1.54, 1.807) is 23.1 Å². The number of rotatable bonds is 5. The van der Waals surface area contributed by atoms with Gasteiger partial charge >= 0.3 is 0 Å². The Morgan fingerprint density at radius 3 is 2.41 bits per heavy atom. The van der Waals surface area contributed by atoms with Crippen LogP contribution in [0.2, 0.25) is 0 Å². The molecule has 1 aliphatic heterocycles. The van der Waals surface area contributed by atoms with E-state index in [4.69, 9.17) is 0 Å². The van der Waals surface area contributed by atoms with E-state index in [9.17, 15) is 9.18 Å². The third-order valence-electron chi connectivity index (χ3n) is 4.87. The largest absolute Gasteiger partial charge is 0.366 e. The van der Waals surface area contributed by atoms with Crippen LogP contribution in [0.15, 0.2) is 30.3 Å². The molecular weight excluding hydrogens is 345 g/mol. The number of benzene rings is 1. The summed E-state index contributed by atoms with van der Waals surface area (Å²) in [6, 6.07) is 8.48. The standard InChI is InChI=1S/C20H26FN5O/c1-4-24(5-2)20-22-15(3)14-17(23-20)19(27)26-12-10-25(11-13-26)18-9-7-6-8-16(18)21/h6-9,14H,4-5,10-13H2,1-3H3. The van der Waals surface area contributed by atoms with Crippen molar-refractivity contribution in [1.29, 1.82) is 0 Å². The molecule has 2 aromatic rings. The Morgan fingerprint density at radius 2 is 1.78 bits per heavy atom. The van der Waals surface area contributed by atoms with E-state index in [1.807, 2.05) is 36.6 Å². The molecule has 0 atom stereocenters. The monoisotopic (exact) mass is 371 g/mol. The van der Waals surface area contributed by atoms with Crippen LogP contribution in [0.25, 0.3) is 0 Å². The molecule has 1 aromatic heterocycles. The second-order valence-corrected chi connectivity index (χ2v) is 6.60. The topological polar surface area (TPSA) is 52.6 Å². The minimum atomic E-state index is -0.229. The third-order valence-corrected chi connectivity index (χ3v) is 4.87.